The molecule has 1 N–H and O–H groups in total. The summed E-state index contributed by atoms with van der Waals surface area (Å²) in [5, 5.41) is 11.7. The number of nitrogens with zero attached hydrogens (tertiary/aromatic N) is 3. The summed E-state index contributed by atoms with van der Waals surface area (Å²) in [6.45, 7) is 1.59. The second-order valence-corrected chi connectivity index (χ2v) is 5.16. The molecular formula is C14H16N4O. The third-order valence-electron chi connectivity index (χ3n) is 3.69. The third kappa shape index (κ3) is 2.10. The largest absolute Gasteiger partial charge is 0.406 e. The van der Waals surface area contributed by atoms with E-state index in [1.807, 2.05) is 6.07 Å². The number of fused-ring (bicyclic) bond motifs is 1. The van der Waals surface area contributed by atoms with E-state index in [1.165, 1.54) is 24.1 Å². The van der Waals surface area contributed by atoms with E-state index in [-0.39, 0.29) is 0 Å². The first-order valence-electron chi connectivity index (χ1n) is 6.81. The number of aromatic nitrogens is 2. The van der Waals surface area contributed by atoms with Crippen LogP contribution in [0.3, 0.4) is 0 Å². The van der Waals surface area contributed by atoms with Crippen molar-refractivity contribution in [2.75, 3.05) is 11.4 Å². The number of benzene rings is 1. The minimum absolute atomic E-state index is 0.609. The van der Waals surface area contributed by atoms with E-state index in [0.29, 0.717) is 24.5 Å². The van der Waals surface area contributed by atoms with Gasteiger partial charge in [0.2, 0.25) is 5.89 Å². The molecule has 0 atom stereocenters. The first-order valence-corrected chi connectivity index (χ1v) is 6.81. The maximum atomic E-state index is 5.74. The summed E-state index contributed by atoms with van der Waals surface area (Å²) in [5.41, 5.74) is 2.53. The molecule has 1 aliphatic heterocycles. The first-order chi connectivity index (χ1) is 9.40. The molecule has 0 unspecified atom stereocenters. The topological polar surface area (TPSA) is 54.2 Å². The fourth-order valence-corrected chi connectivity index (χ4v) is 2.48. The predicted octanol–water partition coefficient (Wildman–Crippen LogP) is 2.02. The Bertz CT molecular complexity index is 591. The molecule has 19 heavy (non-hydrogen) atoms. The van der Waals surface area contributed by atoms with Crippen molar-refractivity contribution in [1.82, 2.24) is 15.5 Å². The van der Waals surface area contributed by atoms with E-state index in [1.54, 1.807) is 0 Å². The summed E-state index contributed by atoms with van der Waals surface area (Å²) >= 11 is 0. The summed E-state index contributed by atoms with van der Waals surface area (Å²) in [6.07, 6.45) is 3.56. The zero-order valence-electron chi connectivity index (χ0n) is 10.7. The SMILES string of the molecule is c1ccc2c(c1)CCN2c1nnc(CNC2CC2)o1. The average molecular weight is 256 g/mol. The van der Waals surface area contributed by atoms with Crippen molar-refractivity contribution in [2.24, 2.45) is 0 Å². The number of nitrogens with one attached hydrogen (secondary N) is 1. The van der Waals surface area contributed by atoms with E-state index in [0.717, 1.165) is 13.0 Å². The summed E-state index contributed by atoms with van der Waals surface area (Å²) in [6, 6.07) is 9.64. The maximum absolute atomic E-state index is 5.74. The summed E-state index contributed by atoms with van der Waals surface area (Å²) in [5.74, 6) is 0.672. The zero-order valence-corrected chi connectivity index (χ0v) is 10.7. The van der Waals surface area contributed by atoms with Gasteiger partial charge in [0.25, 0.3) is 0 Å². The second kappa shape index (κ2) is 4.35. The normalized spacial score (nSPS) is 17.8. The molecule has 1 aliphatic carbocycles. The molecule has 0 bridgehead atoms. The lowest BCUT2D eigenvalue weighted by Crippen LogP contribution is -2.15. The molecule has 0 spiro atoms. The molecule has 0 saturated heterocycles. The molecule has 0 amide bonds. The van der Waals surface area contributed by atoms with E-state index in [4.69, 9.17) is 4.42 Å². The van der Waals surface area contributed by atoms with Crippen molar-refractivity contribution >= 4 is 11.7 Å². The lowest BCUT2D eigenvalue weighted by molar-refractivity contribution is 0.469. The lowest BCUT2D eigenvalue weighted by atomic mass is 10.2. The van der Waals surface area contributed by atoms with Crippen LogP contribution in [0.2, 0.25) is 0 Å². The van der Waals surface area contributed by atoms with Gasteiger partial charge >= 0.3 is 6.01 Å². The molecular weight excluding hydrogens is 240 g/mol. The first kappa shape index (κ1) is 11.0. The molecule has 4 rings (SSSR count). The summed E-state index contributed by atoms with van der Waals surface area (Å²) < 4.78 is 5.74. The molecule has 1 aromatic carbocycles. The van der Waals surface area contributed by atoms with Crippen molar-refractivity contribution in [3.8, 4) is 0 Å². The van der Waals surface area contributed by atoms with Crippen LogP contribution in [-0.4, -0.2) is 22.8 Å². The van der Waals surface area contributed by atoms with Crippen LogP contribution >= 0.6 is 0 Å². The standard InChI is InChI=1S/C14H16N4O/c1-2-4-12-10(3-1)7-8-18(12)14-17-16-13(19-14)9-15-11-5-6-11/h1-4,11,15H,5-9H2. The molecule has 5 nitrogen and oxygen atoms in total. The molecule has 0 radical (unpaired) electrons. The zero-order chi connectivity index (χ0) is 12.7. The van der Waals surface area contributed by atoms with Crippen LogP contribution in [0, 0.1) is 0 Å². The van der Waals surface area contributed by atoms with Crippen molar-refractivity contribution in [1.29, 1.82) is 0 Å². The van der Waals surface area contributed by atoms with Crippen molar-refractivity contribution in [3.05, 3.63) is 35.7 Å². The van der Waals surface area contributed by atoms with Gasteiger partial charge in [-0.3, -0.25) is 4.90 Å². The van der Waals surface area contributed by atoms with Crippen LogP contribution in [-0.2, 0) is 13.0 Å². The highest BCUT2D eigenvalue weighted by atomic mass is 16.4. The van der Waals surface area contributed by atoms with Crippen molar-refractivity contribution in [2.45, 2.75) is 31.8 Å². The van der Waals surface area contributed by atoms with E-state index < -0.39 is 0 Å². The van der Waals surface area contributed by atoms with Gasteiger partial charge in [-0.05, 0) is 30.9 Å². The Morgan fingerprint density at radius 3 is 3.05 bits per heavy atom. The highest BCUT2D eigenvalue weighted by Gasteiger charge is 2.25. The average Bonchev–Trinajstić information content (AvgIpc) is 3.00. The summed E-state index contributed by atoms with van der Waals surface area (Å²) in [7, 11) is 0. The Kier molecular flexibility index (Phi) is 2.51. The van der Waals surface area contributed by atoms with Crippen molar-refractivity contribution in [3.63, 3.8) is 0 Å². The van der Waals surface area contributed by atoms with Crippen LogP contribution in [0.1, 0.15) is 24.3 Å². The third-order valence-corrected chi connectivity index (χ3v) is 3.69. The van der Waals surface area contributed by atoms with Gasteiger partial charge in [-0.2, -0.15) is 0 Å². The van der Waals surface area contributed by atoms with Gasteiger partial charge in [-0.15, -0.1) is 5.10 Å². The van der Waals surface area contributed by atoms with Gasteiger partial charge < -0.3 is 9.73 Å². The molecule has 5 heteroatoms. The maximum Gasteiger partial charge on any atom is 0.322 e. The van der Waals surface area contributed by atoms with Crippen LogP contribution < -0.4 is 10.2 Å². The smallest absolute Gasteiger partial charge is 0.322 e. The molecule has 1 saturated carbocycles. The molecule has 98 valence electrons. The minimum atomic E-state index is 0.609. The molecule has 1 aromatic heterocycles. The number of anilines is 2. The Morgan fingerprint density at radius 1 is 1.26 bits per heavy atom. The lowest BCUT2D eigenvalue weighted by Gasteiger charge is -2.13. The highest BCUT2D eigenvalue weighted by Crippen LogP contribution is 2.33. The Hall–Kier alpha value is -1.88. The van der Waals surface area contributed by atoms with Crippen LogP contribution in [0.4, 0.5) is 11.7 Å². The predicted molar refractivity (Wildman–Crippen MR) is 71.3 cm³/mol. The van der Waals surface area contributed by atoms with Gasteiger partial charge in [0.05, 0.1) is 6.54 Å². The minimum Gasteiger partial charge on any atom is -0.406 e. The van der Waals surface area contributed by atoms with Gasteiger partial charge in [0, 0.05) is 18.3 Å². The van der Waals surface area contributed by atoms with Gasteiger partial charge in [0.1, 0.15) is 0 Å². The second-order valence-electron chi connectivity index (χ2n) is 5.16. The fraction of sp³-hybridized carbons (Fsp3) is 0.429. The van der Waals surface area contributed by atoms with Crippen LogP contribution in [0.5, 0.6) is 0 Å². The van der Waals surface area contributed by atoms with Crippen LogP contribution in [0.25, 0.3) is 0 Å². The monoisotopic (exact) mass is 256 g/mol. The van der Waals surface area contributed by atoms with Gasteiger partial charge in [-0.25, -0.2) is 0 Å². The Balaban J connectivity index is 1.53. The molecule has 2 aliphatic rings. The van der Waals surface area contributed by atoms with E-state index in [2.05, 4.69) is 38.6 Å². The number of para-hydroxylation sites is 1. The summed E-state index contributed by atoms with van der Waals surface area (Å²) in [4.78, 5) is 2.10. The molecule has 2 heterocycles. The van der Waals surface area contributed by atoms with Crippen LogP contribution in [0.15, 0.2) is 28.7 Å². The quantitative estimate of drug-likeness (QED) is 0.907. The molecule has 2 aromatic rings. The van der Waals surface area contributed by atoms with E-state index >= 15 is 0 Å². The van der Waals surface area contributed by atoms with Gasteiger partial charge in [-0.1, -0.05) is 23.3 Å². The number of rotatable bonds is 4. The molecule has 1 fully saturated rings. The van der Waals surface area contributed by atoms with Gasteiger partial charge in [0.15, 0.2) is 0 Å². The fourth-order valence-electron chi connectivity index (χ4n) is 2.48. The number of hydrogen-bond acceptors (Lipinski definition) is 5. The van der Waals surface area contributed by atoms with Crippen molar-refractivity contribution < 1.29 is 4.42 Å². The van der Waals surface area contributed by atoms with E-state index in [9.17, 15) is 0 Å². The highest BCUT2D eigenvalue weighted by molar-refractivity contribution is 5.64. The Morgan fingerprint density at radius 2 is 2.16 bits per heavy atom. The number of hydrogen-bond donors (Lipinski definition) is 1. The Labute approximate surface area is 111 Å².